The fourth-order valence-corrected chi connectivity index (χ4v) is 4.86. The van der Waals surface area contributed by atoms with E-state index in [4.69, 9.17) is 11.6 Å². The maximum atomic E-state index is 12.9. The number of aromatic nitrogens is 1. The van der Waals surface area contributed by atoms with Crippen LogP contribution in [-0.2, 0) is 13.5 Å². The van der Waals surface area contributed by atoms with E-state index in [0.717, 1.165) is 35.4 Å². The minimum Gasteiger partial charge on any atom is -0.346 e. The fraction of sp³-hybridized carbons (Fsp3) is 0.348. The average molecular weight is 366 g/mol. The van der Waals surface area contributed by atoms with Gasteiger partial charge in [0.1, 0.15) is 0 Å². The van der Waals surface area contributed by atoms with Gasteiger partial charge in [-0.2, -0.15) is 0 Å². The number of rotatable bonds is 3. The molecule has 0 fully saturated rings. The standard InChI is InChI=1S/C23H24ClNO/c1-14-7-9-16(10-8-14)21(26)13-17-5-4-6-20-22(17)18-11-15(2)12-19(24)23(18)25(20)3/h7-12,17H,4-6,13H2,1-3H3. The highest BCUT2D eigenvalue weighted by atomic mass is 35.5. The number of hydrogen-bond acceptors (Lipinski definition) is 1. The lowest BCUT2D eigenvalue weighted by Crippen LogP contribution is -2.15. The first-order valence-electron chi connectivity index (χ1n) is 9.33. The first-order valence-corrected chi connectivity index (χ1v) is 9.70. The van der Waals surface area contributed by atoms with Gasteiger partial charge >= 0.3 is 0 Å². The molecule has 0 radical (unpaired) electrons. The maximum Gasteiger partial charge on any atom is 0.163 e. The molecule has 1 unspecified atom stereocenters. The SMILES string of the molecule is Cc1ccc(C(=O)CC2CCCc3c2c2cc(C)cc(Cl)c2n3C)cc1. The van der Waals surface area contributed by atoms with Crippen LogP contribution in [0, 0.1) is 13.8 Å². The lowest BCUT2D eigenvalue weighted by Gasteiger charge is -2.23. The monoisotopic (exact) mass is 365 g/mol. The zero-order chi connectivity index (χ0) is 18.4. The Bertz CT molecular complexity index is 997. The molecule has 0 aliphatic heterocycles. The highest BCUT2D eigenvalue weighted by Crippen LogP contribution is 2.43. The van der Waals surface area contributed by atoms with E-state index in [9.17, 15) is 4.79 Å². The Morgan fingerprint density at radius 3 is 2.62 bits per heavy atom. The van der Waals surface area contributed by atoms with E-state index in [2.05, 4.69) is 24.6 Å². The predicted octanol–water partition coefficient (Wildman–Crippen LogP) is 6.14. The molecule has 0 saturated carbocycles. The van der Waals surface area contributed by atoms with Gasteiger partial charge in [0.05, 0.1) is 10.5 Å². The van der Waals surface area contributed by atoms with Crippen LogP contribution in [0.3, 0.4) is 0 Å². The summed E-state index contributed by atoms with van der Waals surface area (Å²) in [5.41, 5.74) is 6.97. The number of nitrogens with zero attached hydrogens (tertiary/aromatic N) is 1. The first kappa shape index (κ1) is 17.4. The van der Waals surface area contributed by atoms with Crippen molar-refractivity contribution < 1.29 is 4.79 Å². The highest BCUT2D eigenvalue weighted by molar-refractivity contribution is 6.35. The zero-order valence-corrected chi connectivity index (χ0v) is 16.4. The lowest BCUT2D eigenvalue weighted by atomic mass is 9.81. The molecule has 0 amide bonds. The molecule has 4 rings (SSSR count). The van der Waals surface area contributed by atoms with Crippen molar-refractivity contribution in [3.63, 3.8) is 0 Å². The summed E-state index contributed by atoms with van der Waals surface area (Å²) in [6, 6.07) is 12.2. The predicted molar refractivity (Wildman–Crippen MR) is 108 cm³/mol. The number of aryl methyl sites for hydroxylation is 3. The molecule has 1 heterocycles. The maximum absolute atomic E-state index is 12.9. The van der Waals surface area contributed by atoms with E-state index < -0.39 is 0 Å². The van der Waals surface area contributed by atoms with Crippen LogP contribution < -0.4 is 0 Å². The second-order valence-corrected chi connectivity index (χ2v) is 8.05. The Hall–Kier alpha value is -2.06. The van der Waals surface area contributed by atoms with Crippen LogP contribution in [0.2, 0.25) is 5.02 Å². The van der Waals surface area contributed by atoms with Gasteiger partial charge in [0.15, 0.2) is 5.78 Å². The molecule has 0 N–H and O–H groups in total. The summed E-state index contributed by atoms with van der Waals surface area (Å²) in [4.78, 5) is 12.9. The van der Waals surface area contributed by atoms with Gasteiger partial charge in [-0.3, -0.25) is 4.79 Å². The molecule has 3 heteroatoms. The van der Waals surface area contributed by atoms with Gasteiger partial charge in [-0.15, -0.1) is 0 Å². The van der Waals surface area contributed by atoms with Crippen molar-refractivity contribution in [3.8, 4) is 0 Å². The van der Waals surface area contributed by atoms with Crippen molar-refractivity contribution in [2.75, 3.05) is 0 Å². The van der Waals surface area contributed by atoms with Crippen LogP contribution in [0.1, 0.15) is 57.9 Å². The summed E-state index contributed by atoms with van der Waals surface area (Å²) in [5, 5.41) is 2.04. The van der Waals surface area contributed by atoms with Gasteiger partial charge < -0.3 is 4.57 Å². The molecular formula is C23H24ClNO. The van der Waals surface area contributed by atoms with Crippen molar-refractivity contribution >= 4 is 28.3 Å². The molecule has 1 aromatic heterocycles. The lowest BCUT2D eigenvalue weighted by molar-refractivity contribution is 0.0971. The number of halogens is 1. The third-order valence-electron chi connectivity index (χ3n) is 5.73. The Labute approximate surface area is 159 Å². The minimum atomic E-state index is 0.235. The summed E-state index contributed by atoms with van der Waals surface area (Å²) in [5.74, 6) is 0.507. The third kappa shape index (κ3) is 2.87. The summed E-state index contributed by atoms with van der Waals surface area (Å²) in [7, 11) is 2.10. The number of hydrogen-bond donors (Lipinski definition) is 0. The molecule has 1 atom stereocenters. The molecule has 0 spiro atoms. The van der Waals surface area contributed by atoms with Crippen LogP contribution >= 0.6 is 11.6 Å². The van der Waals surface area contributed by atoms with Crippen LogP contribution in [-0.4, -0.2) is 10.4 Å². The summed E-state index contributed by atoms with van der Waals surface area (Å²) >= 11 is 6.56. The Kier molecular flexibility index (Phi) is 4.40. The summed E-state index contributed by atoms with van der Waals surface area (Å²) in [6.45, 7) is 4.13. The van der Waals surface area contributed by atoms with E-state index in [1.807, 2.05) is 37.3 Å². The summed E-state index contributed by atoms with van der Waals surface area (Å²) < 4.78 is 2.24. The van der Waals surface area contributed by atoms with Gasteiger partial charge in [0.2, 0.25) is 0 Å². The molecule has 1 aliphatic carbocycles. The van der Waals surface area contributed by atoms with E-state index in [-0.39, 0.29) is 11.7 Å². The quantitative estimate of drug-likeness (QED) is 0.511. The molecule has 0 bridgehead atoms. The van der Waals surface area contributed by atoms with Gasteiger partial charge in [0, 0.05) is 30.1 Å². The zero-order valence-electron chi connectivity index (χ0n) is 15.6. The highest BCUT2D eigenvalue weighted by Gasteiger charge is 2.29. The van der Waals surface area contributed by atoms with Crippen molar-refractivity contribution in [1.82, 2.24) is 4.57 Å². The smallest absolute Gasteiger partial charge is 0.163 e. The molecule has 2 nitrogen and oxygen atoms in total. The van der Waals surface area contributed by atoms with Crippen LogP contribution in [0.15, 0.2) is 36.4 Å². The van der Waals surface area contributed by atoms with Crippen LogP contribution in [0.25, 0.3) is 10.9 Å². The van der Waals surface area contributed by atoms with Crippen molar-refractivity contribution in [1.29, 1.82) is 0 Å². The van der Waals surface area contributed by atoms with E-state index >= 15 is 0 Å². The second-order valence-electron chi connectivity index (χ2n) is 7.64. The largest absolute Gasteiger partial charge is 0.346 e. The van der Waals surface area contributed by atoms with E-state index in [0.29, 0.717) is 6.42 Å². The molecule has 2 aromatic carbocycles. The normalized spacial score (nSPS) is 16.7. The van der Waals surface area contributed by atoms with Gasteiger partial charge in [0.25, 0.3) is 0 Å². The molecule has 26 heavy (non-hydrogen) atoms. The second kappa shape index (κ2) is 6.59. The van der Waals surface area contributed by atoms with E-state index in [1.165, 1.54) is 27.8 Å². The number of Topliss-reactive ketones (excluding diaryl/α,β-unsaturated/α-hetero) is 1. The van der Waals surface area contributed by atoms with Crippen molar-refractivity contribution in [2.45, 2.75) is 45.4 Å². The number of fused-ring (bicyclic) bond motifs is 3. The Balaban J connectivity index is 1.76. The van der Waals surface area contributed by atoms with Crippen LogP contribution in [0.4, 0.5) is 0 Å². The van der Waals surface area contributed by atoms with Crippen molar-refractivity contribution in [2.24, 2.45) is 7.05 Å². The number of carbonyl (C=O) groups is 1. The van der Waals surface area contributed by atoms with Crippen LogP contribution in [0.5, 0.6) is 0 Å². The van der Waals surface area contributed by atoms with Gasteiger partial charge in [-0.05, 0) is 62.3 Å². The van der Waals surface area contributed by atoms with E-state index in [1.54, 1.807) is 0 Å². The molecule has 3 aromatic rings. The topological polar surface area (TPSA) is 22.0 Å². The minimum absolute atomic E-state index is 0.235. The molecule has 0 saturated heterocycles. The number of ketones is 1. The molecule has 1 aliphatic rings. The van der Waals surface area contributed by atoms with Gasteiger partial charge in [-0.1, -0.05) is 41.4 Å². The Morgan fingerprint density at radius 1 is 1.15 bits per heavy atom. The average Bonchev–Trinajstić information content (AvgIpc) is 2.89. The Morgan fingerprint density at radius 2 is 1.88 bits per heavy atom. The third-order valence-corrected chi connectivity index (χ3v) is 6.02. The molecule has 134 valence electrons. The number of benzene rings is 2. The van der Waals surface area contributed by atoms with Crippen molar-refractivity contribution in [3.05, 3.63) is 69.4 Å². The van der Waals surface area contributed by atoms with Gasteiger partial charge in [-0.25, -0.2) is 0 Å². The fourth-order valence-electron chi connectivity index (χ4n) is 4.46. The molecular weight excluding hydrogens is 342 g/mol. The summed E-state index contributed by atoms with van der Waals surface area (Å²) in [6.07, 6.45) is 3.82. The first-order chi connectivity index (χ1) is 12.5. The number of carbonyl (C=O) groups excluding carboxylic acids is 1.